The number of carbonyl (C=O) groups is 3. The van der Waals surface area contributed by atoms with Gasteiger partial charge in [-0.1, -0.05) is 161 Å². The van der Waals surface area contributed by atoms with Gasteiger partial charge in [-0.25, -0.2) is 0 Å². The summed E-state index contributed by atoms with van der Waals surface area (Å²) in [6.45, 7) is 4.27. The van der Waals surface area contributed by atoms with Gasteiger partial charge in [0.15, 0.2) is 6.10 Å². The molecule has 0 aromatic rings. The van der Waals surface area contributed by atoms with Crippen molar-refractivity contribution < 1.29 is 38.2 Å². The second-order valence-corrected chi connectivity index (χ2v) is 14.4. The minimum absolute atomic E-state index is 0.00733. The Hall–Kier alpha value is -4.27. The van der Waals surface area contributed by atoms with Crippen LogP contribution in [0.3, 0.4) is 0 Å². The molecule has 56 heavy (non-hydrogen) atoms. The summed E-state index contributed by atoms with van der Waals surface area (Å²) in [5.41, 5.74) is 0. The SMILES string of the molecule is CC/C=C/C=C/C=C/C=C/C=C/C=C/C=C/CCCCCC(=O)OCC(COCCC(C(=O)[O-])[N+](C)(C)C)OC(=O)CCCCCCC/C=C/C=C/C=C/CC. The zero-order chi connectivity index (χ0) is 41.4. The van der Waals surface area contributed by atoms with Crippen molar-refractivity contribution in [2.24, 2.45) is 0 Å². The van der Waals surface area contributed by atoms with E-state index in [1.165, 1.54) is 0 Å². The first-order valence-corrected chi connectivity index (χ1v) is 20.7. The first kappa shape index (κ1) is 51.7. The summed E-state index contributed by atoms with van der Waals surface area (Å²) in [5, 5.41) is 11.6. The van der Waals surface area contributed by atoms with Crippen LogP contribution in [-0.2, 0) is 28.6 Å². The average Bonchev–Trinajstić information content (AvgIpc) is 3.15. The Balaban J connectivity index is 4.54. The predicted molar refractivity (Wildman–Crippen MR) is 230 cm³/mol. The molecule has 8 nitrogen and oxygen atoms in total. The minimum Gasteiger partial charge on any atom is -0.544 e. The molecule has 0 amide bonds. The fraction of sp³-hybridized carbons (Fsp3) is 0.521. The van der Waals surface area contributed by atoms with Crippen LogP contribution in [0.2, 0.25) is 0 Å². The van der Waals surface area contributed by atoms with Gasteiger partial charge < -0.3 is 28.6 Å². The van der Waals surface area contributed by atoms with Crippen LogP contribution >= 0.6 is 0 Å². The first-order valence-electron chi connectivity index (χ1n) is 20.7. The van der Waals surface area contributed by atoms with Gasteiger partial charge in [-0.05, 0) is 51.4 Å². The van der Waals surface area contributed by atoms with E-state index in [0.717, 1.165) is 70.6 Å². The molecule has 0 aromatic carbocycles. The molecule has 2 unspecified atom stereocenters. The van der Waals surface area contributed by atoms with E-state index in [1.807, 2.05) is 85.1 Å². The molecule has 0 saturated carbocycles. The summed E-state index contributed by atoms with van der Waals surface area (Å²) in [6, 6.07) is -0.745. The maximum Gasteiger partial charge on any atom is 0.306 e. The smallest absolute Gasteiger partial charge is 0.306 e. The first-order chi connectivity index (χ1) is 27.1. The molecule has 0 rings (SSSR count). The second-order valence-electron chi connectivity index (χ2n) is 14.4. The number of rotatable bonds is 34. The van der Waals surface area contributed by atoms with E-state index in [9.17, 15) is 19.5 Å². The quantitative estimate of drug-likeness (QED) is 0.0278. The normalized spacial score (nSPS) is 14.2. The number of hydrogen-bond donors (Lipinski definition) is 0. The molecule has 0 bridgehead atoms. The van der Waals surface area contributed by atoms with Crippen LogP contribution in [0.15, 0.2) is 122 Å². The Kier molecular flexibility index (Phi) is 34.8. The number of carboxylic acids is 1. The monoisotopic (exact) mass is 776 g/mol. The third kappa shape index (κ3) is 35.4. The van der Waals surface area contributed by atoms with Crippen molar-refractivity contribution >= 4 is 17.9 Å². The Morgan fingerprint density at radius 1 is 0.536 bits per heavy atom. The van der Waals surface area contributed by atoms with Crippen LogP contribution in [0.5, 0.6) is 0 Å². The second kappa shape index (κ2) is 37.6. The van der Waals surface area contributed by atoms with Gasteiger partial charge in [0.05, 0.1) is 40.3 Å². The number of likely N-dealkylation sites (N-methyl/N-ethyl adjacent to an activating group) is 1. The standard InChI is InChI=1S/C48H73NO7/c1-6-8-10-12-14-16-18-20-21-22-23-24-25-27-28-30-32-34-36-38-46(50)55-43-44(42-54-41-40-45(48(52)53)49(3,4)5)56-47(51)39-37-35-33-31-29-26-19-17-15-13-11-9-7-2/h8-25,27-28,44-45H,6-7,26,29-43H2,1-5H3/b10-8+,11-9+,14-12+,15-13+,18-16+,19-17+,21-20+,23-22+,25-24+,28-27+. The highest BCUT2D eigenvalue weighted by Gasteiger charge is 2.25. The van der Waals surface area contributed by atoms with E-state index in [0.29, 0.717) is 6.42 Å². The van der Waals surface area contributed by atoms with Crippen molar-refractivity contribution in [2.75, 3.05) is 41.0 Å². The maximum absolute atomic E-state index is 12.7. The summed E-state index contributed by atoms with van der Waals surface area (Å²) in [4.78, 5) is 36.8. The minimum atomic E-state index is -1.14. The van der Waals surface area contributed by atoms with Crippen LogP contribution in [-0.4, -0.2) is 75.5 Å². The number of carboxylic acid groups (broad SMARTS) is 1. The molecule has 0 radical (unpaired) electrons. The average molecular weight is 776 g/mol. The van der Waals surface area contributed by atoms with Crippen molar-refractivity contribution in [3.63, 3.8) is 0 Å². The van der Waals surface area contributed by atoms with Crippen LogP contribution in [0, 0.1) is 0 Å². The molecule has 0 aromatic heterocycles. The van der Waals surface area contributed by atoms with Crippen LogP contribution in [0.1, 0.15) is 110 Å². The van der Waals surface area contributed by atoms with Crippen molar-refractivity contribution in [1.82, 2.24) is 0 Å². The Morgan fingerprint density at radius 2 is 0.946 bits per heavy atom. The number of carbonyl (C=O) groups excluding carboxylic acids is 3. The fourth-order valence-electron chi connectivity index (χ4n) is 5.17. The van der Waals surface area contributed by atoms with Gasteiger partial charge in [-0.3, -0.25) is 9.59 Å². The molecule has 0 saturated heterocycles. The molecule has 0 heterocycles. The number of allylic oxidation sites excluding steroid dienone is 20. The molecular formula is C48H73NO7. The molecular weight excluding hydrogens is 703 g/mol. The highest BCUT2D eigenvalue weighted by Crippen LogP contribution is 2.12. The van der Waals surface area contributed by atoms with E-state index >= 15 is 0 Å². The summed E-state index contributed by atoms with van der Waals surface area (Å²) in [5.74, 6) is -1.85. The highest BCUT2D eigenvalue weighted by molar-refractivity contribution is 5.70. The lowest BCUT2D eigenvalue weighted by atomic mass is 10.1. The van der Waals surface area contributed by atoms with Gasteiger partial charge >= 0.3 is 11.9 Å². The largest absolute Gasteiger partial charge is 0.544 e. The number of aliphatic carboxylic acids is 1. The number of quaternary nitrogens is 1. The van der Waals surface area contributed by atoms with Gasteiger partial charge in [-0.2, -0.15) is 0 Å². The number of nitrogens with zero attached hydrogens (tertiary/aromatic N) is 1. The highest BCUT2D eigenvalue weighted by atomic mass is 16.6. The van der Waals surface area contributed by atoms with Crippen molar-refractivity contribution in [2.45, 2.75) is 122 Å². The zero-order valence-electron chi connectivity index (χ0n) is 35.2. The van der Waals surface area contributed by atoms with Gasteiger partial charge in [0.2, 0.25) is 0 Å². The third-order valence-electron chi connectivity index (χ3n) is 8.35. The molecule has 0 spiro atoms. The third-order valence-corrected chi connectivity index (χ3v) is 8.35. The molecule has 2 atom stereocenters. The Bertz CT molecular complexity index is 1320. The van der Waals surface area contributed by atoms with E-state index < -0.39 is 18.1 Å². The van der Waals surface area contributed by atoms with Gasteiger partial charge in [0.25, 0.3) is 0 Å². The van der Waals surface area contributed by atoms with Gasteiger partial charge in [0.1, 0.15) is 12.6 Å². The van der Waals surface area contributed by atoms with Crippen LogP contribution in [0.25, 0.3) is 0 Å². The van der Waals surface area contributed by atoms with E-state index in [1.54, 1.807) is 21.1 Å². The van der Waals surface area contributed by atoms with E-state index in [2.05, 4.69) is 50.3 Å². The molecule has 0 aliphatic carbocycles. The molecule has 0 fully saturated rings. The molecule has 0 N–H and O–H groups in total. The molecule has 0 aliphatic rings. The van der Waals surface area contributed by atoms with Crippen molar-refractivity contribution in [3.8, 4) is 0 Å². The molecule has 8 heteroatoms. The lowest BCUT2D eigenvalue weighted by Crippen LogP contribution is -2.55. The number of hydrogen-bond acceptors (Lipinski definition) is 7. The maximum atomic E-state index is 12.7. The Morgan fingerprint density at radius 3 is 1.41 bits per heavy atom. The fourth-order valence-corrected chi connectivity index (χ4v) is 5.17. The molecule has 312 valence electrons. The predicted octanol–water partition coefficient (Wildman–Crippen LogP) is 9.74. The summed E-state index contributed by atoms with van der Waals surface area (Å²) in [7, 11) is 5.36. The van der Waals surface area contributed by atoms with E-state index in [-0.39, 0.29) is 55.5 Å². The zero-order valence-corrected chi connectivity index (χ0v) is 35.2. The Labute approximate surface area is 340 Å². The van der Waals surface area contributed by atoms with Gasteiger partial charge in [0, 0.05) is 19.3 Å². The topological polar surface area (TPSA) is 102 Å². The summed E-state index contributed by atoms with van der Waals surface area (Å²) in [6.07, 6.45) is 52.2. The number of esters is 2. The van der Waals surface area contributed by atoms with Crippen molar-refractivity contribution in [3.05, 3.63) is 122 Å². The summed E-state index contributed by atoms with van der Waals surface area (Å²) >= 11 is 0. The lowest BCUT2D eigenvalue weighted by Gasteiger charge is -2.34. The lowest BCUT2D eigenvalue weighted by molar-refractivity contribution is -0.889. The number of ether oxygens (including phenoxy) is 3. The van der Waals surface area contributed by atoms with Crippen LogP contribution < -0.4 is 5.11 Å². The van der Waals surface area contributed by atoms with Gasteiger partial charge in [-0.15, -0.1) is 0 Å². The number of unbranched alkanes of at least 4 members (excludes halogenated alkanes) is 8. The van der Waals surface area contributed by atoms with Crippen molar-refractivity contribution in [1.29, 1.82) is 0 Å². The van der Waals surface area contributed by atoms with E-state index in [4.69, 9.17) is 14.2 Å². The molecule has 0 aliphatic heterocycles. The summed E-state index contributed by atoms with van der Waals surface area (Å²) < 4.78 is 17.1. The van der Waals surface area contributed by atoms with Crippen LogP contribution in [0.4, 0.5) is 0 Å².